The molecule has 0 saturated heterocycles. The minimum Gasteiger partial charge on any atom is -0.483 e. The molecule has 7 heteroatoms. The second kappa shape index (κ2) is 11.8. The summed E-state index contributed by atoms with van der Waals surface area (Å²) >= 11 is 3.50. The molecule has 2 amide bonds. The van der Waals surface area contributed by atoms with Gasteiger partial charge in [0, 0.05) is 13.1 Å². The summed E-state index contributed by atoms with van der Waals surface area (Å²) in [5, 5.41) is 2.79. The summed E-state index contributed by atoms with van der Waals surface area (Å²) in [6.07, 6.45) is 0.450. The first-order chi connectivity index (χ1) is 14.8. The minimum absolute atomic E-state index is 0.186. The molecule has 0 fully saturated rings. The van der Waals surface area contributed by atoms with Crippen molar-refractivity contribution in [3.8, 4) is 5.75 Å². The summed E-state index contributed by atoms with van der Waals surface area (Å²) < 4.78 is 19.8. The molecule has 168 valence electrons. The Morgan fingerprint density at radius 1 is 1.13 bits per heavy atom. The van der Waals surface area contributed by atoms with Crippen molar-refractivity contribution in [2.24, 2.45) is 0 Å². The van der Waals surface area contributed by atoms with Gasteiger partial charge in [-0.25, -0.2) is 4.39 Å². The molecule has 0 saturated carbocycles. The molecule has 1 N–H and O–H groups in total. The van der Waals surface area contributed by atoms with Crippen molar-refractivity contribution in [2.45, 2.75) is 52.6 Å². The summed E-state index contributed by atoms with van der Waals surface area (Å²) in [4.78, 5) is 27.2. The molecule has 0 unspecified atom stereocenters. The lowest BCUT2D eigenvalue weighted by Crippen LogP contribution is -2.50. The first-order valence-electron chi connectivity index (χ1n) is 10.5. The van der Waals surface area contributed by atoms with Gasteiger partial charge >= 0.3 is 0 Å². The van der Waals surface area contributed by atoms with E-state index in [-0.39, 0.29) is 30.8 Å². The molecule has 2 rings (SSSR count). The summed E-state index contributed by atoms with van der Waals surface area (Å²) in [5.41, 5.74) is 1.89. The van der Waals surface area contributed by atoms with Crippen LogP contribution in [-0.4, -0.2) is 35.9 Å². The zero-order valence-corrected chi connectivity index (χ0v) is 20.0. The fourth-order valence-corrected chi connectivity index (χ4v) is 3.72. The number of hydrogen-bond donors (Lipinski definition) is 1. The Morgan fingerprint density at radius 3 is 2.35 bits per heavy atom. The molecule has 0 radical (unpaired) electrons. The molecule has 0 aliphatic rings. The molecule has 0 spiro atoms. The molecular weight excluding hydrogens is 463 g/mol. The predicted molar refractivity (Wildman–Crippen MR) is 123 cm³/mol. The Balaban J connectivity index is 2.20. The number of halogens is 2. The van der Waals surface area contributed by atoms with Gasteiger partial charge in [0.1, 0.15) is 17.6 Å². The summed E-state index contributed by atoms with van der Waals surface area (Å²) in [6, 6.07) is 11.0. The van der Waals surface area contributed by atoms with E-state index >= 15 is 0 Å². The lowest BCUT2D eigenvalue weighted by atomic mass is 10.0. The number of carbonyl (C=O) groups is 2. The number of rotatable bonds is 10. The standard InChI is InChI=1S/C24H30BrFN2O3/c1-5-21(24(30)27-6-2)28(14-17-7-10-19(26)11-8-17)23(29)15-31-22-12-9-18(16(3)4)13-20(22)25/h7-13,16,21H,5-6,14-15H2,1-4H3,(H,27,30)/t21-/m0/s1. The second-order valence-electron chi connectivity index (χ2n) is 7.60. The van der Waals surface area contributed by atoms with Gasteiger partial charge in [-0.1, -0.05) is 39.0 Å². The van der Waals surface area contributed by atoms with Gasteiger partial charge < -0.3 is 15.0 Å². The van der Waals surface area contributed by atoms with Gasteiger partial charge in [-0.3, -0.25) is 9.59 Å². The molecular formula is C24H30BrFN2O3. The highest BCUT2D eigenvalue weighted by Crippen LogP contribution is 2.29. The first kappa shape index (κ1) is 24.9. The number of hydrogen-bond acceptors (Lipinski definition) is 3. The predicted octanol–water partition coefficient (Wildman–Crippen LogP) is 5.03. The van der Waals surface area contributed by atoms with Crippen molar-refractivity contribution in [1.29, 1.82) is 0 Å². The van der Waals surface area contributed by atoms with Gasteiger partial charge in [0.2, 0.25) is 5.91 Å². The SMILES string of the molecule is CCNC(=O)[C@H](CC)N(Cc1ccc(F)cc1)C(=O)COc1ccc(C(C)C)cc1Br. The van der Waals surface area contributed by atoms with Crippen LogP contribution < -0.4 is 10.1 Å². The Morgan fingerprint density at radius 2 is 1.81 bits per heavy atom. The average molecular weight is 493 g/mol. The zero-order chi connectivity index (χ0) is 23.0. The van der Waals surface area contributed by atoms with Crippen LogP contribution in [0, 0.1) is 5.82 Å². The van der Waals surface area contributed by atoms with E-state index in [1.165, 1.54) is 17.0 Å². The summed E-state index contributed by atoms with van der Waals surface area (Å²) in [7, 11) is 0. The zero-order valence-electron chi connectivity index (χ0n) is 18.5. The van der Waals surface area contributed by atoms with Crippen LogP contribution in [0.3, 0.4) is 0 Å². The van der Waals surface area contributed by atoms with Gasteiger partial charge in [0.05, 0.1) is 4.47 Å². The Hall–Kier alpha value is -2.41. The maximum atomic E-state index is 13.3. The first-order valence-corrected chi connectivity index (χ1v) is 11.3. The Kier molecular flexibility index (Phi) is 9.49. The largest absolute Gasteiger partial charge is 0.483 e. The van der Waals surface area contributed by atoms with Gasteiger partial charge in [0.25, 0.3) is 5.91 Å². The molecule has 0 bridgehead atoms. The van der Waals surface area contributed by atoms with Crippen LogP contribution in [0.25, 0.3) is 0 Å². The van der Waals surface area contributed by atoms with E-state index in [1.54, 1.807) is 12.1 Å². The lowest BCUT2D eigenvalue weighted by molar-refractivity contribution is -0.142. The maximum Gasteiger partial charge on any atom is 0.261 e. The molecule has 0 aliphatic carbocycles. The van der Waals surface area contributed by atoms with Crippen LogP contribution in [-0.2, 0) is 16.1 Å². The molecule has 0 aromatic heterocycles. The van der Waals surface area contributed by atoms with Gasteiger partial charge in [-0.05, 0) is 70.6 Å². The molecule has 0 aliphatic heterocycles. The fourth-order valence-electron chi connectivity index (χ4n) is 3.21. The monoisotopic (exact) mass is 492 g/mol. The summed E-state index contributed by atoms with van der Waals surface area (Å²) in [6.45, 7) is 8.34. The van der Waals surface area contributed by atoms with Crippen LogP contribution in [0.5, 0.6) is 5.75 Å². The highest BCUT2D eigenvalue weighted by atomic mass is 79.9. The average Bonchev–Trinajstić information content (AvgIpc) is 2.74. The number of ether oxygens (including phenoxy) is 1. The third-order valence-corrected chi connectivity index (χ3v) is 5.60. The number of nitrogens with one attached hydrogen (secondary N) is 1. The minimum atomic E-state index is -0.645. The smallest absolute Gasteiger partial charge is 0.261 e. The van der Waals surface area contributed by atoms with E-state index in [1.807, 2.05) is 32.0 Å². The van der Waals surface area contributed by atoms with Crippen LogP contribution in [0.1, 0.15) is 51.2 Å². The van der Waals surface area contributed by atoms with Crippen molar-refractivity contribution in [3.05, 3.63) is 63.9 Å². The van der Waals surface area contributed by atoms with Crippen LogP contribution in [0.2, 0.25) is 0 Å². The maximum absolute atomic E-state index is 13.3. The van der Waals surface area contributed by atoms with Crippen LogP contribution >= 0.6 is 15.9 Å². The van der Waals surface area contributed by atoms with Crippen molar-refractivity contribution in [3.63, 3.8) is 0 Å². The topological polar surface area (TPSA) is 58.6 Å². The third kappa shape index (κ3) is 7.06. The Labute approximate surface area is 192 Å². The number of benzene rings is 2. The lowest BCUT2D eigenvalue weighted by Gasteiger charge is -2.30. The quantitative estimate of drug-likeness (QED) is 0.505. The third-order valence-electron chi connectivity index (χ3n) is 4.98. The molecule has 2 aromatic carbocycles. The van der Waals surface area contributed by atoms with Crippen LogP contribution in [0.15, 0.2) is 46.9 Å². The van der Waals surface area contributed by atoms with Gasteiger partial charge in [0.15, 0.2) is 6.61 Å². The van der Waals surface area contributed by atoms with Crippen molar-refractivity contribution < 1.29 is 18.7 Å². The Bertz CT molecular complexity index is 887. The van der Waals surface area contributed by atoms with E-state index in [2.05, 4.69) is 35.1 Å². The number of likely N-dealkylation sites (N-methyl/N-ethyl adjacent to an activating group) is 1. The number of amides is 2. The van der Waals surface area contributed by atoms with E-state index in [0.717, 1.165) is 15.6 Å². The molecule has 1 atom stereocenters. The van der Waals surface area contributed by atoms with E-state index in [9.17, 15) is 14.0 Å². The van der Waals surface area contributed by atoms with Gasteiger partial charge in [-0.15, -0.1) is 0 Å². The number of carbonyl (C=O) groups excluding carboxylic acids is 2. The van der Waals surface area contributed by atoms with E-state index in [4.69, 9.17) is 4.74 Å². The molecule has 31 heavy (non-hydrogen) atoms. The van der Waals surface area contributed by atoms with Gasteiger partial charge in [-0.2, -0.15) is 0 Å². The fraction of sp³-hybridized carbons (Fsp3) is 0.417. The van der Waals surface area contributed by atoms with Crippen LogP contribution in [0.4, 0.5) is 4.39 Å². The molecule has 2 aromatic rings. The normalized spacial score (nSPS) is 11.8. The van der Waals surface area contributed by atoms with Crippen molar-refractivity contribution in [1.82, 2.24) is 10.2 Å². The van der Waals surface area contributed by atoms with E-state index in [0.29, 0.717) is 24.6 Å². The number of nitrogens with zero attached hydrogens (tertiary/aromatic N) is 1. The summed E-state index contributed by atoms with van der Waals surface area (Å²) in [5.74, 6) is 0.0479. The molecule has 0 heterocycles. The second-order valence-corrected chi connectivity index (χ2v) is 8.45. The van der Waals surface area contributed by atoms with E-state index < -0.39 is 6.04 Å². The van der Waals surface area contributed by atoms with Crippen molar-refractivity contribution in [2.75, 3.05) is 13.2 Å². The highest BCUT2D eigenvalue weighted by molar-refractivity contribution is 9.10. The molecule has 5 nitrogen and oxygen atoms in total. The van der Waals surface area contributed by atoms with Crippen molar-refractivity contribution >= 4 is 27.7 Å². The highest BCUT2D eigenvalue weighted by Gasteiger charge is 2.28.